The van der Waals surface area contributed by atoms with Crippen LogP contribution in [0.3, 0.4) is 0 Å². The van der Waals surface area contributed by atoms with E-state index in [1.807, 2.05) is 14.0 Å². The Morgan fingerprint density at radius 3 is 2.79 bits per heavy atom. The average molecular weight is 284 g/mol. The number of aromatic nitrogens is 3. The maximum atomic E-state index is 13.2. The maximum absolute atomic E-state index is 13.2. The molecule has 0 bridgehead atoms. The molecule has 0 fully saturated rings. The van der Waals surface area contributed by atoms with Crippen LogP contribution in [0.5, 0.6) is 0 Å². The molecule has 0 spiro atoms. The third kappa shape index (κ3) is 2.91. The summed E-state index contributed by atoms with van der Waals surface area (Å²) in [6.45, 7) is 1.83. The van der Waals surface area contributed by atoms with Crippen molar-refractivity contribution < 1.29 is 4.39 Å². The number of rotatable bonds is 4. The Balaban J connectivity index is 2.29. The minimum absolute atomic E-state index is 0.282. The molecule has 0 aliphatic carbocycles. The second kappa shape index (κ2) is 5.64. The summed E-state index contributed by atoms with van der Waals surface area (Å²) < 4.78 is 14.9. The minimum Gasteiger partial charge on any atom is -0.271 e. The molecule has 1 unspecified atom stereocenters. The lowest BCUT2D eigenvalue weighted by atomic mass is 10.0. The summed E-state index contributed by atoms with van der Waals surface area (Å²) in [5.41, 5.74) is 4.91. The number of aryl methyl sites for hydroxylation is 2. The fourth-order valence-electron chi connectivity index (χ4n) is 1.99. The Hall–Kier alpha value is -1.50. The predicted octanol–water partition coefficient (Wildman–Crippen LogP) is 1.66. The van der Waals surface area contributed by atoms with E-state index in [4.69, 9.17) is 17.4 Å². The van der Waals surface area contributed by atoms with Crippen molar-refractivity contribution in [2.45, 2.75) is 19.4 Å². The van der Waals surface area contributed by atoms with Crippen molar-refractivity contribution in [3.63, 3.8) is 0 Å². The van der Waals surface area contributed by atoms with Crippen LogP contribution in [0.4, 0.5) is 4.39 Å². The fraction of sp³-hybridized carbons (Fsp3) is 0.333. The van der Waals surface area contributed by atoms with Crippen molar-refractivity contribution in [2.75, 3.05) is 0 Å². The van der Waals surface area contributed by atoms with Gasteiger partial charge in [-0.1, -0.05) is 11.6 Å². The van der Waals surface area contributed by atoms with E-state index in [1.54, 1.807) is 10.9 Å². The molecule has 2 aromatic heterocycles. The van der Waals surface area contributed by atoms with Crippen molar-refractivity contribution in [3.8, 4) is 0 Å². The van der Waals surface area contributed by atoms with Crippen molar-refractivity contribution in [3.05, 3.63) is 46.3 Å². The van der Waals surface area contributed by atoms with Gasteiger partial charge in [-0.05, 0) is 18.6 Å². The summed E-state index contributed by atoms with van der Waals surface area (Å²) in [6.07, 6.45) is 3.22. The minimum atomic E-state index is -0.398. The van der Waals surface area contributed by atoms with Gasteiger partial charge in [0, 0.05) is 19.7 Å². The quantitative estimate of drug-likeness (QED) is 0.661. The molecular weight excluding hydrogens is 269 g/mol. The van der Waals surface area contributed by atoms with Gasteiger partial charge in [0.25, 0.3) is 0 Å². The van der Waals surface area contributed by atoms with Gasteiger partial charge in [0.15, 0.2) is 0 Å². The molecular formula is C12H15ClFN5. The summed E-state index contributed by atoms with van der Waals surface area (Å²) in [7, 11) is 1.81. The smallest absolute Gasteiger partial charge is 0.141 e. The van der Waals surface area contributed by atoms with Gasteiger partial charge in [-0.3, -0.25) is 20.9 Å². The van der Waals surface area contributed by atoms with E-state index < -0.39 is 5.82 Å². The Morgan fingerprint density at radius 2 is 2.26 bits per heavy atom. The number of nitrogens with two attached hydrogens (primary N) is 1. The average Bonchev–Trinajstić information content (AvgIpc) is 2.61. The fourth-order valence-corrected chi connectivity index (χ4v) is 2.22. The number of pyridine rings is 1. The highest BCUT2D eigenvalue weighted by molar-refractivity contribution is 6.31. The largest absolute Gasteiger partial charge is 0.271 e. The second-order valence-electron chi connectivity index (χ2n) is 4.33. The first kappa shape index (κ1) is 13.9. The molecule has 2 aromatic rings. The first-order chi connectivity index (χ1) is 9.02. The Kier molecular flexibility index (Phi) is 4.14. The summed E-state index contributed by atoms with van der Waals surface area (Å²) in [4.78, 5) is 3.82. The van der Waals surface area contributed by atoms with E-state index in [0.717, 1.165) is 17.6 Å². The van der Waals surface area contributed by atoms with E-state index in [9.17, 15) is 4.39 Å². The first-order valence-electron chi connectivity index (χ1n) is 5.77. The van der Waals surface area contributed by atoms with E-state index >= 15 is 0 Å². The van der Waals surface area contributed by atoms with Gasteiger partial charge in [0.2, 0.25) is 0 Å². The van der Waals surface area contributed by atoms with Crippen LogP contribution in [0.15, 0.2) is 18.5 Å². The van der Waals surface area contributed by atoms with Crippen LogP contribution >= 0.6 is 11.6 Å². The molecule has 2 rings (SSSR count). The topological polar surface area (TPSA) is 68.8 Å². The normalized spacial score (nSPS) is 12.7. The molecule has 5 nitrogen and oxygen atoms in total. The number of hydrogen-bond acceptors (Lipinski definition) is 4. The Labute approximate surface area is 115 Å². The van der Waals surface area contributed by atoms with Crippen molar-refractivity contribution in [1.82, 2.24) is 20.2 Å². The summed E-state index contributed by atoms with van der Waals surface area (Å²) in [6, 6.07) is 1.12. The molecule has 1 atom stereocenters. The Morgan fingerprint density at radius 1 is 1.53 bits per heavy atom. The summed E-state index contributed by atoms with van der Waals surface area (Å²) in [5.74, 6) is 5.14. The van der Waals surface area contributed by atoms with Crippen LogP contribution in [0.1, 0.15) is 23.0 Å². The zero-order valence-corrected chi connectivity index (χ0v) is 11.4. The van der Waals surface area contributed by atoms with Crippen molar-refractivity contribution in [2.24, 2.45) is 12.9 Å². The molecule has 0 saturated carbocycles. The number of nitrogens with zero attached hydrogens (tertiary/aromatic N) is 3. The molecule has 19 heavy (non-hydrogen) atoms. The zero-order valence-electron chi connectivity index (χ0n) is 10.7. The molecule has 0 aliphatic rings. The SMILES string of the molecule is Cc1nn(C)c(CC(NN)c2cncc(F)c2)c1Cl. The van der Waals surface area contributed by atoms with Gasteiger partial charge < -0.3 is 0 Å². The lowest BCUT2D eigenvalue weighted by Crippen LogP contribution is -2.30. The molecule has 3 N–H and O–H groups in total. The van der Waals surface area contributed by atoms with Gasteiger partial charge in [-0.25, -0.2) is 4.39 Å². The van der Waals surface area contributed by atoms with Crippen LogP contribution in [-0.4, -0.2) is 14.8 Å². The maximum Gasteiger partial charge on any atom is 0.141 e. The van der Waals surface area contributed by atoms with Gasteiger partial charge >= 0.3 is 0 Å². The van der Waals surface area contributed by atoms with E-state index in [-0.39, 0.29) is 6.04 Å². The van der Waals surface area contributed by atoms with Crippen molar-refractivity contribution >= 4 is 11.6 Å². The molecule has 0 aliphatic heterocycles. The Bertz CT molecular complexity index is 583. The predicted molar refractivity (Wildman–Crippen MR) is 70.9 cm³/mol. The monoisotopic (exact) mass is 283 g/mol. The molecule has 7 heteroatoms. The van der Waals surface area contributed by atoms with Gasteiger partial charge in [-0.2, -0.15) is 5.10 Å². The number of halogens is 2. The number of hydrazine groups is 1. The lowest BCUT2D eigenvalue weighted by Gasteiger charge is -2.16. The highest BCUT2D eigenvalue weighted by Gasteiger charge is 2.18. The highest BCUT2D eigenvalue weighted by Crippen LogP contribution is 2.25. The second-order valence-corrected chi connectivity index (χ2v) is 4.71. The van der Waals surface area contributed by atoms with Crippen LogP contribution < -0.4 is 11.3 Å². The van der Waals surface area contributed by atoms with Crippen molar-refractivity contribution in [1.29, 1.82) is 0 Å². The third-order valence-corrected chi connectivity index (χ3v) is 3.48. The molecule has 0 saturated heterocycles. The van der Waals surface area contributed by atoms with Gasteiger partial charge in [0.05, 0.1) is 28.6 Å². The molecule has 102 valence electrons. The molecule has 0 aromatic carbocycles. The molecule has 2 heterocycles. The van der Waals surface area contributed by atoms with E-state index in [2.05, 4.69) is 15.5 Å². The zero-order chi connectivity index (χ0) is 14.0. The van der Waals surface area contributed by atoms with E-state index in [1.165, 1.54) is 6.07 Å². The lowest BCUT2D eigenvalue weighted by molar-refractivity contribution is 0.522. The third-order valence-electron chi connectivity index (χ3n) is 2.99. The van der Waals surface area contributed by atoms with Gasteiger partial charge in [0.1, 0.15) is 5.82 Å². The van der Waals surface area contributed by atoms with Crippen LogP contribution in [0.25, 0.3) is 0 Å². The first-order valence-corrected chi connectivity index (χ1v) is 6.15. The number of hydrogen-bond donors (Lipinski definition) is 2. The van der Waals surface area contributed by atoms with Crippen LogP contribution in [0.2, 0.25) is 5.02 Å². The summed E-state index contributed by atoms with van der Waals surface area (Å²) >= 11 is 6.19. The van der Waals surface area contributed by atoms with Gasteiger partial charge in [-0.15, -0.1) is 0 Å². The standard InChI is InChI=1S/C12H15ClFN5/c1-7-12(13)11(19(2)18-7)4-10(17-15)8-3-9(14)6-16-5-8/h3,5-6,10,17H,4,15H2,1-2H3. The van der Waals surface area contributed by atoms with E-state index in [0.29, 0.717) is 17.0 Å². The number of nitrogens with one attached hydrogen (secondary N) is 1. The molecule has 0 radical (unpaired) electrons. The molecule has 0 amide bonds. The van der Waals surface area contributed by atoms with Crippen LogP contribution in [0, 0.1) is 12.7 Å². The summed E-state index contributed by atoms with van der Waals surface area (Å²) in [5, 5.41) is 4.84. The van der Waals surface area contributed by atoms with Crippen LogP contribution in [-0.2, 0) is 13.5 Å². The highest BCUT2D eigenvalue weighted by atomic mass is 35.5.